The third kappa shape index (κ3) is 3.46. The van der Waals surface area contributed by atoms with Crippen LogP contribution < -0.4 is 4.72 Å². The normalized spacial score (nSPS) is 13.3. The maximum atomic E-state index is 12.5. The summed E-state index contributed by atoms with van der Waals surface area (Å²) >= 11 is 0. The van der Waals surface area contributed by atoms with Crippen molar-refractivity contribution in [2.75, 3.05) is 0 Å². The Bertz CT molecular complexity index is 886. The SMILES string of the molecule is CCC(Cc1c[nH]c2ccccc12)NS(=O)(=O)c1ccccc1. The third-order valence-electron chi connectivity index (χ3n) is 4.01. The summed E-state index contributed by atoms with van der Waals surface area (Å²) in [5.41, 5.74) is 2.20. The molecule has 0 saturated carbocycles. The van der Waals surface area contributed by atoms with Gasteiger partial charge in [-0.2, -0.15) is 0 Å². The van der Waals surface area contributed by atoms with Gasteiger partial charge in [0.25, 0.3) is 0 Å². The molecule has 3 rings (SSSR count). The fourth-order valence-corrected chi connectivity index (χ4v) is 4.06. The maximum absolute atomic E-state index is 12.5. The zero-order valence-corrected chi connectivity index (χ0v) is 13.8. The van der Waals surface area contributed by atoms with Crippen LogP contribution in [0.2, 0.25) is 0 Å². The van der Waals surface area contributed by atoms with Crippen LogP contribution in [0.4, 0.5) is 0 Å². The quantitative estimate of drug-likeness (QED) is 0.728. The van der Waals surface area contributed by atoms with Crippen LogP contribution in [0.5, 0.6) is 0 Å². The summed E-state index contributed by atoms with van der Waals surface area (Å²) in [6.07, 6.45) is 3.35. The third-order valence-corrected chi connectivity index (χ3v) is 5.55. The number of hydrogen-bond donors (Lipinski definition) is 2. The Kier molecular flexibility index (Phi) is 4.50. The number of nitrogens with one attached hydrogen (secondary N) is 2. The van der Waals surface area contributed by atoms with E-state index in [0.717, 1.165) is 22.9 Å². The molecule has 0 aliphatic rings. The first kappa shape index (κ1) is 15.8. The second-order valence-electron chi connectivity index (χ2n) is 5.60. The molecule has 0 aliphatic carbocycles. The van der Waals surface area contributed by atoms with Gasteiger partial charge in [0.2, 0.25) is 10.0 Å². The monoisotopic (exact) mass is 328 g/mol. The van der Waals surface area contributed by atoms with E-state index in [0.29, 0.717) is 11.3 Å². The van der Waals surface area contributed by atoms with Crippen molar-refractivity contribution < 1.29 is 8.42 Å². The van der Waals surface area contributed by atoms with E-state index in [4.69, 9.17) is 0 Å². The molecule has 0 amide bonds. The van der Waals surface area contributed by atoms with Crippen molar-refractivity contribution in [2.45, 2.75) is 30.7 Å². The number of benzene rings is 2. The summed E-state index contributed by atoms with van der Waals surface area (Å²) in [5.74, 6) is 0. The second kappa shape index (κ2) is 6.56. The van der Waals surface area contributed by atoms with Crippen LogP contribution in [0.1, 0.15) is 18.9 Å². The van der Waals surface area contributed by atoms with E-state index in [1.54, 1.807) is 24.3 Å². The number of hydrogen-bond acceptors (Lipinski definition) is 2. The largest absolute Gasteiger partial charge is 0.361 e. The summed E-state index contributed by atoms with van der Waals surface area (Å²) in [7, 11) is -3.49. The summed E-state index contributed by atoms with van der Waals surface area (Å²) < 4.78 is 27.8. The molecule has 3 aromatic rings. The van der Waals surface area contributed by atoms with Gasteiger partial charge in [0.15, 0.2) is 0 Å². The fourth-order valence-electron chi connectivity index (χ4n) is 2.72. The van der Waals surface area contributed by atoms with Crippen LogP contribution in [0.3, 0.4) is 0 Å². The molecule has 2 N–H and O–H groups in total. The number of aromatic nitrogens is 1. The minimum absolute atomic E-state index is 0.139. The highest BCUT2D eigenvalue weighted by molar-refractivity contribution is 7.89. The van der Waals surface area contributed by atoms with E-state index in [1.807, 2.05) is 37.4 Å². The summed E-state index contributed by atoms with van der Waals surface area (Å²) in [5, 5.41) is 1.14. The molecule has 0 bridgehead atoms. The van der Waals surface area contributed by atoms with E-state index >= 15 is 0 Å². The van der Waals surface area contributed by atoms with Crippen LogP contribution >= 0.6 is 0 Å². The number of rotatable bonds is 6. The van der Waals surface area contributed by atoms with Crippen molar-refractivity contribution in [3.63, 3.8) is 0 Å². The first-order chi connectivity index (χ1) is 11.1. The molecule has 1 heterocycles. The van der Waals surface area contributed by atoms with Crippen LogP contribution in [-0.2, 0) is 16.4 Å². The minimum Gasteiger partial charge on any atom is -0.361 e. The van der Waals surface area contributed by atoms with E-state index in [2.05, 4.69) is 15.8 Å². The average Bonchev–Trinajstić information content (AvgIpc) is 2.98. The predicted octanol–water partition coefficient (Wildman–Crippen LogP) is 3.47. The Morgan fingerprint density at radius 3 is 2.48 bits per heavy atom. The van der Waals surface area contributed by atoms with E-state index in [9.17, 15) is 8.42 Å². The number of fused-ring (bicyclic) bond motifs is 1. The smallest absolute Gasteiger partial charge is 0.240 e. The molecule has 23 heavy (non-hydrogen) atoms. The van der Waals surface area contributed by atoms with Gasteiger partial charge >= 0.3 is 0 Å². The Labute approximate surface area is 136 Å². The molecule has 5 heteroatoms. The lowest BCUT2D eigenvalue weighted by Crippen LogP contribution is -2.35. The lowest BCUT2D eigenvalue weighted by molar-refractivity contribution is 0.537. The van der Waals surface area contributed by atoms with Crippen molar-refractivity contribution >= 4 is 20.9 Å². The van der Waals surface area contributed by atoms with Crippen LogP contribution in [0, 0.1) is 0 Å². The van der Waals surface area contributed by atoms with Crippen molar-refractivity contribution in [3.8, 4) is 0 Å². The van der Waals surface area contributed by atoms with Gasteiger partial charge in [-0.3, -0.25) is 0 Å². The van der Waals surface area contributed by atoms with Crippen LogP contribution in [0.25, 0.3) is 10.9 Å². The van der Waals surface area contributed by atoms with E-state index in [1.165, 1.54) is 0 Å². The second-order valence-corrected chi connectivity index (χ2v) is 7.32. The van der Waals surface area contributed by atoms with Gasteiger partial charge < -0.3 is 4.98 Å². The van der Waals surface area contributed by atoms with Gasteiger partial charge in [-0.05, 0) is 36.6 Å². The molecule has 1 atom stereocenters. The highest BCUT2D eigenvalue weighted by Crippen LogP contribution is 2.20. The number of sulfonamides is 1. The standard InChI is InChI=1S/C18H20N2O2S/c1-2-15(20-23(21,22)16-8-4-3-5-9-16)12-14-13-19-18-11-7-6-10-17(14)18/h3-11,13,15,19-20H,2,12H2,1H3. The lowest BCUT2D eigenvalue weighted by atomic mass is 10.0. The number of para-hydroxylation sites is 1. The first-order valence-electron chi connectivity index (χ1n) is 7.72. The molecule has 0 spiro atoms. The van der Waals surface area contributed by atoms with Crippen LogP contribution in [0.15, 0.2) is 65.7 Å². The molecule has 0 saturated heterocycles. The van der Waals surface area contributed by atoms with Gasteiger partial charge in [0.1, 0.15) is 0 Å². The molecule has 0 radical (unpaired) electrons. The zero-order valence-electron chi connectivity index (χ0n) is 13.0. The van der Waals surface area contributed by atoms with Crippen molar-refractivity contribution in [3.05, 3.63) is 66.4 Å². The molecule has 120 valence electrons. The van der Waals surface area contributed by atoms with Crippen molar-refractivity contribution in [2.24, 2.45) is 0 Å². The molecular weight excluding hydrogens is 308 g/mol. The molecule has 0 fully saturated rings. The summed E-state index contributed by atoms with van der Waals surface area (Å²) in [6, 6.07) is 16.4. The molecule has 1 aromatic heterocycles. The van der Waals surface area contributed by atoms with E-state index < -0.39 is 10.0 Å². The lowest BCUT2D eigenvalue weighted by Gasteiger charge is -2.17. The topological polar surface area (TPSA) is 62.0 Å². The summed E-state index contributed by atoms with van der Waals surface area (Å²) in [4.78, 5) is 3.54. The van der Waals surface area contributed by atoms with Gasteiger partial charge in [0.05, 0.1) is 4.90 Å². The van der Waals surface area contributed by atoms with Gasteiger partial charge in [-0.1, -0.05) is 43.3 Å². The van der Waals surface area contributed by atoms with Gasteiger partial charge in [-0.15, -0.1) is 0 Å². The Morgan fingerprint density at radius 2 is 1.74 bits per heavy atom. The molecule has 4 nitrogen and oxygen atoms in total. The Morgan fingerprint density at radius 1 is 1.04 bits per heavy atom. The Balaban J connectivity index is 1.81. The van der Waals surface area contributed by atoms with E-state index in [-0.39, 0.29) is 6.04 Å². The maximum Gasteiger partial charge on any atom is 0.240 e. The molecule has 1 unspecified atom stereocenters. The summed E-state index contributed by atoms with van der Waals surface area (Å²) in [6.45, 7) is 1.99. The minimum atomic E-state index is -3.49. The Hall–Kier alpha value is -2.11. The van der Waals surface area contributed by atoms with Crippen molar-refractivity contribution in [1.29, 1.82) is 0 Å². The van der Waals surface area contributed by atoms with Gasteiger partial charge in [0, 0.05) is 23.1 Å². The zero-order chi connectivity index (χ0) is 16.3. The highest BCUT2D eigenvalue weighted by atomic mass is 32.2. The highest BCUT2D eigenvalue weighted by Gasteiger charge is 2.19. The molecule has 0 aliphatic heterocycles. The van der Waals surface area contributed by atoms with Crippen LogP contribution in [-0.4, -0.2) is 19.4 Å². The first-order valence-corrected chi connectivity index (χ1v) is 9.21. The van der Waals surface area contributed by atoms with Gasteiger partial charge in [-0.25, -0.2) is 13.1 Å². The number of aromatic amines is 1. The number of H-pyrrole nitrogens is 1. The molecular formula is C18H20N2O2S. The average molecular weight is 328 g/mol. The predicted molar refractivity (Wildman–Crippen MR) is 92.8 cm³/mol. The fraction of sp³-hybridized carbons (Fsp3) is 0.222. The van der Waals surface area contributed by atoms with Crippen molar-refractivity contribution in [1.82, 2.24) is 9.71 Å². The molecule has 2 aromatic carbocycles.